The van der Waals surface area contributed by atoms with Crippen molar-refractivity contribution in [3.8, 4) is 46.0 Å². The highest BCUT2D eigenvalue weighted by molar-refractivity contribution is 7.89. The van der Waals surface area contributed by atoms with Crippen molar-refractivity contribution < 1.29 is 34.4 Å². The summed E-state index contributed by atoms with van der Waals surface area (Å²) in [5.41, 5.74) is 3.73. The first-order valence-corrected chi connectivity index (χ1v) is 25.6. The molecule has 5 aromatic carbocycles. The summed E-state index contributed by atoms with van der Waals surface area (Å²) in [6, 6.07) is 36.5. The zero-order valence-corrected chi connectivity index (χ0v) is 42.3. The van der Waals surface area contributed by atoms with Crippen LogP contribution in [-0.4, -0.2) is 36.4 Å². The highest BCUT2D eigenvalue weighted by atomic mass is 35.5. The van der Waals surface area contributed by atoms with Gasteiger partial charge in [-0.3, -0.25) is 0 Å². The molecule has 13 nitrogen and oxygen atoms in total. The van der Waals surface area contributed by atoms with Crippen molar-refractivity contribution in [3.63, 3.8) is 0 Å². The molecule has 0 aliphatic carbocycles. The number of sulfonamides is 2. The van der Waals surface area contributed by atoms with Gasteiger partial charge < -0.3 is 4.42 Å². The molecule has 0 atom stereocenters. The smallest absolute Gasteiger partial charge is 0.450 e. The monoisotopic (exact) mass is 1120 g/mol. The van der Waals surface area contributed by atoms with E-state index in [0.717, 1.165) is 6.07 Å². The average molecular weight is 1120 g/mol. The van der Waals surface area contributed by atoms with E-state index in [9.17, 15) is 40.5 Å². The fourth-order valence-corrected chi connectivity index (χ4v) is 10.5. The molecule has 0 amide bonds. The summed E-state index contributed by atoms with van der Waals surface area (Å²) < 4.78 is 103. The summed E-state index contributed by atoms with van der Waals surface area (Å²) in [5.74, 6) is -2.08. The minimum atomic E-state index is -5.04. The van der Waals surface area contributed by atoms with Crippen LogP contribution in [0.4, 0.5) is 13.2 Å². The van der Waals surface area contributed by atoms with Crippen molar-refractivity contribution >= 4 is 89.7 Å². The van der Waals surface area contributed by atoms with Crippen LogP contribution in [-0.2, 0) is 45.1 Å². The molecule has 3 heterocycles. The van der Waals surface area contributed by atoms with Crippen molar-refractivity contribution in [2.75, 3.05) is 0 Å². The molecule has 0 aliphatic heterocycles. The number of nitrogens with zero attached hydrogens (tertiary/aromatic N) is 6. The number of halogens is 9. The van der Waals surface area contributed by atoms with Crippen molar-refractivity contribution in [3.05, 3.63) is 191 Å². The predicted molar refractivity (Wildman–Crippen MR) is 266 cm³/mol. The summed E-state index contributed by atoms with van der Waals surface area (Å²) in [6.07, 6.45) is -5.04. The first kappa shape index (κ1) is 52.9. The van der Waals surface area contributed by atoms with Crippen LogP contribution in [0.3, 0.4) is 0 Å². The second-order valence-electron chi connectivity index (χ2n) is 15.0. The van der Waals surface area contributed by atoms with E-state index in [2.05, 4.69) is 30.1 Å². The van der Waals surface area contributed by atoms with Crippen LogP contribution in [0.15, 0.2) is 131 Å². The molecular formula is C47H31Cl6F3N8O5S2. The van der Waals surface area contributed by atoms with E-state index in [1.54, 1.807) is 103 Å². The van der Waals surface area contributed by atoms with Gasteiger partial charge in [0, 0.05) is 37.3 Å². The van der Waals surface area contributed by atoms with Gasteiger partial charge in [-0.1, -0.05) is 124 Å². The Kier molecular flexibility index (Phi) is 16.3. The van der Waals surface area contributed by atoms with Gasteiger partial charge in [0.15, 0.2) is 0 Å². The van der Waals surface area contributed by atoms with Gasteiger partial charge >= 0.3 is 6.18 Å². The Hall–Kier alpha value is -5.87. The third-order valence-corrected chi connectivity index (χ3v) is 14.4. The third-order valence-electron chi connectivity index (χ3n) is 10.1. The maximum Gasteiger partial charge on any atom is 0.450 e. The number of alkyl halides is 3. The number of furan rings is 1. The van der Waals surface area contributed by atoms with E-state index in [1.165, 1.54) is 22.4 Å². The number of benzene rings is 5. The van der Waals surface area contributed by atoms with E-state index in [-0.39, 0.29) is 51.3 Å². The maximum atomic E-state index is 13.3. The van der Waals surface area contributed by atoms with Gasteiger partial charge in [0.25, 0.3) is 0 Å². The van der Waals surface area contributed by atoms with Crippen LogP contribution >= 0.6 is 69.6 Å². The summed E-state index contributed by atoms with van der Waals surface area (Å²) in [5, 5.41) is 31.2. The molecule has 0 bridgehead atoms. The topological polar surface area (TPSA) is 189 Å². The molecule has 0 aliphatic rings. The molecule has 8 aromatic rings. The lowest BCUT2D eigenvalue weighted by Crippen LogP contribution is -2.25. The fourth-order valence-electron chi connectivity index (χ4n) is 6.96. The summed E-state index contributed by atoms with van der Waals surface area (Å²) in [6.45, 7) is 0.417. The van der Waals surface area contributed by atoms with Crippen molar-refractivity contribution in [2.45, 2.75) is 36.8 Å². The van der Waals surface area contributed by atoms with Crippen LogP contribution in [0.2, 0.25) is 30.1 Å². The fraction of sp³-hybridized carbons (Fsp3) is 0.106. The molecule has 0 spiro atoms. The lowest BCUT2D eigenvalue weighted by molar-refractivity contribution is -0.155. The Morgan fingerprint density at radius 1 is 0.620 bits per heavy atom. The van der Waals surface area contributed by atoms with Gasteiger partial charge in [0.05, 0.1) is 63.0 Å². The van der Waals surface area contributed by atoms with Gasteiger partial charge in [-0.15, -0.1) is 0 Å². The highest BCUT2D eigenvalue weighted by Crippen LogP contribution is 2.38. The summed E-state index contributed by atoms with van der Waals surface area (Å²) in [7, 11) is -8.39. The van der Waals surface area contributed by atoms with E-state index in [0.29, 0.717) is 58.9 Å². The molecule has 364 valence electrons. The maximum absolute atomic E-state index is 13.3. The van der Waals surface area contributed by atoms with Crippen LogP contribution in [0.25, 0.3) is 33.9 Å². The molecule has 8 rings (SSSR count). The third kappa shape index (κ3) is 12.4. The SMILES string of the molecule is Cc1cc(S(=O)(=O)NCc2nn(-c3ccc(Cl)cc3Cl)c(-c3ccc(Cl)cc3)c2C#N)c(C(F)(F)F)o1.N#Cc1c(CNS(=O)(=O)Cc2ccccc2)nn(-c2ccc(Cl)cc2Cl)c1-c1ccc(Cl)cc1. The van der Waals surface area contributed by atoms with Crippen LogP contribution in [0.1, 0.15) is 39.6 Å². The van der Waals surface area contributed by atoms with E-state index < -0.39 is 43.4 Å². The number of aryl methyl sites for hydroxylation is 1. The minimum Gasteiger partial charge on any atom is -0.455 e. The number of rotatable bonds is 13. The lowest BCUT2D eigenvalue weighted by Gasteiger charge is -2.10. The zero-order chi connectivity index (χ0) is 51.4. The molecular weight excluding hydrogens is 1090 g/mol. The first-order valence-electron chi connectivity index (χ1n) is 20.2. The zero-order valence-electron chi connectivity index (χ0n) is 36.1. The summed E-state index contributed by atoms with van der Waals surface area (Å²) >= 11 is 36.9. The van der Waals surface area contributed by atoms with Crippen LogP contribution < -0.4 is 9.44 Å². The van der Waals surface area contributed by atoms with Crippen molar-refractivity contribution in [2.24, 2.45) is 0 Å². The van der Waals surface area contributed by atoms with E-state index >= 15 is 0 Å². The molecule has 2 N–H and O–H groups in total. The predicted octanol–water partition coefficient (Wildman–Crippen LogP) is 12.8. The van der Waals surface area contributed by atoms with Gasteiger partial charge in [-0.05, 0) is 73.2 Å². The van der Waals surface area contributed by atoms with Gasteiger partial charge in [-0.2, -0.15) is 33.9 Å². The minimum absolute atomic E-state index is 0.0320. The number of nitriles is 2. The molecule has 0 radical (unpaired) electrons. The van der Waals surface area contributed by atoms with Gasteiger partial charge in [0.2, 0.25) is 25.8 Å². The van der Waals surface area contributed by atoms with Crippen LogP contribution in [0, 0.1) is 29.6 Å². The van der Waals surface area contributed by atoms with Crippen LogP contribution in [0.5, 0.6) is 0 Å². The first-order chi connectivity index (χ1) is 33.6. The van der Waals surface area contributed by atoms with E-state index in [4.69, 9.17) is 69.6 Å². The van der Waals surface area contributed by atoms with E-state index in [1.807, 2.05) is 12.1 Å². The largest absolute Gasteiger partial charge is 0.455 e. The average Bonchev–Trinajstić information content (AvgIpc) is 4.02. The Bertz CT molecular complexity index is 3600. The second kappa shape index (κ2) is 21.9. The molecule has 24 heteroatoms. The number of hydrogen-bond acceptors (Lipinski definition) is 9. The van der Waals surface area contributed by atoms with Gasteiger partial charge in [0.1, 0.15) is 33.9 Å². The highest BCUT2D eigenvalue weighted by Gasteiger charge is 2.42. The Balaban J connectivity index is 0.000000209. The number of hydrogen-bond donors (Lipinski definition) is 2. The Morgan fingerprint density at radius 3 is 1.48 bits per heavy atom. The van der Waals surface area contributed by atoms with Crippen molar-refractivity contribution in [1.82, 2.24) is 29.0 Å². The van der Waals surface area contributed by atoms with Gasteiger partial charge in [-0.25, -0.2) is 35.6 Å². The molecule has 0 unspecified atom stereocenters. The number of nitrogens with one attached hydrogen (secondary N) is 2. The molecule has 0 fully saturated rings. The lowest BCUT2D eigenvalue weighted by atomic mass is 10.1. The Labute approximate surface area is 434 Å². The molecule has 0 saturated heterocycles. The molecule has 0 saturated carbocycles. The normalized spacial score (nSPS) is 11.7. The summed E-state index contributed by atoms with van der Waals surface area (Å²) in [4.78, 5) is -1.07. The quantitative estimate of drug-likeness (QED) is 0.113. The standard InChI is InChI=1S/C24H17Cl3N4O2S.C23H14Cl3F3N4O3S/c25-18-8-6-17(7-9-18)24-20(13-28)22(30-31(24)23-11-10-19(26)12-21(23)27)14-29-34(32,33)15-16-4-2-1-3-5-16;1-12-8-20(22(36-12)23(27,28)29)37(34,35)31-11-18-16(10-30)21(13-2-4-14(24)5-3-13)33(32-18)19-7-6-15(25)9-17(19)26/h1-12,29H,14-15H2;2-9,31H,11H2,1H3. The molecule has 71 heavy (non-hydrogen) atoms. The second-order valence-corrected chi connectivity index (χ2v) is 21.1. The van der Waals surface area contributed by atoms with Crippen molar-refractivity contribution in [1.29, 1.82) is 10.5 Å². The Morgan fingerprint density at radius 2 is 1.06 bits per heavy atom. The number of aromatic nitrogens is 4. The molecule has 3 aromatic heterocycles.